The minimum Gasteiger partial charge on any atom is -0.435 e. The lowest BCUT2D eigenvalue weighted by atomic mass is 10.1. The quantitative estimate of drug-likeness (QED) is 0.841. The van der Waals surface area contributed by atoms with Crippen molar-refractivity contribution in [2.24, 2.45) is 0 Å². The summed E-state index contributed by atoms with van der Waals surface area (Å²) in [6.45, 7) is -1.17. The van der Waals surface area contributed by atoms with Crippen LogP contribution < -0.4 is 4.74 Å². The molecule has 1 aromatic rings. The van der Waals surface area contributed by atoms with Gasteiger partial charge in [-0.15, -0.1) is 0 Å². The molecule has 2 rings (SSSR count). The summed E-state index contributed by atoms with van der Waals surface area (Å²) in [6.07, 6.45) is 3.62. The van der Waals surface area contributed by atoms with Gasteiger partial charge >= 0.3 is 6.61 Å². The molecule has 1 fully saturated rings. The van der Waals surface area contributed by atoms with E-state index in [-0.39, 0.29) is 11.7 Å². The van der Waals surface area contributed by atoms with E-state index in [1.54, 1.807) is 12.1 Å². The van der Waals surface area contributed by atoms with Gasteiger partial charge in [-0.2, -0.15) is 8.78 Å². The lowest BCUT2D eigenvalue weighted by Crippen LogP contribution is -2.36. The molecule has 0 spiro atoms. The zero-order chi connectivity index (χ0) is 13.7. The average molecular weight is 269 g/mol. The number of alkyl halides is 2. The predicted molar refractivity (Wildman–Crippen MR) is 67.2 cm³/mol. The van der Waals surface area contributed by atoms with Crippen LogP contribution >= 0.6 is 0 Å². The third kappa shape index (κ3) is 4.19. The second-order valence-electron chi connectivity index (χ2n) is 4.64. The topological polar surface area (TPSA) is 29.5 Å². The number of amides is 1. The highest BCUT2D eigenvalue weighted by Gasteiger charge is 2.16. The molecule has 19 heavy (non-hydrogen) atoms. The van der Waals surface area contributed by atoms with E-state index >= 15 is 0 Å². The average Bonchev–Trinajstić information content (AvgIpc) is 2.41. The maximum absolute atomic E-state index is 12.0. The maximum Gasteiger partial charge on any atom is 0.387 e. The van der Waals surface area contributed by atoms with Crippen LogP contribution in [0, 0.1) is 0 Å². The summed E-state index contributed by atoms with van der Waals surface area (Å²) < 4.78 is 28.2. The van der Waals surface area contributed by atoms with Gasteiger partial charge in [0.2, 0.25) is 5.91 Å². The molecule has 0 N–H and O–H groups in total. The van der Waals surface area contributed by atoms with Crippen molar-refractivity contribution in [2.75, 3.05) is 13.1 Å². The van der Waals surface area contributed by atoms with Gasteiger partial charge in [0, 0.05) is 13.1 Å². The standard InChI is InChI=1S/C14H17F2NO2/c15-14(16)19-12-6-4-11(5-7-12)10-13(18)17-8-2-1-3-9-17/h4-7,14H,1-3,8-10H2. The van der Waals surface area contributed by atoms with E-state index < -0.39 is 6.61 Å². The van der Waals surface area contributed by atoms with Crippen LogP contribution in [0.25, 0.3) is 0 Å². The van der Waals surface area contributed by atoms with Crippen molar-refractivity contribution in [1.29, 1.82) is 0 Å². The zero-order valence-corrected chi connectivity index (χ0v) is 10.6. The van der Waals surface area contributed by atoms with Crippen LogP contribution in [-0.2, 0) is 11.2 Å². The molecule has 0 aliphatic carbocycles. The van der Waals surface area contributed by atoms with Crippen LogP contribution in [-0.4, -0.2) is 30.5 Å². The Morgan fingerprint density at radius 1 is 1.16 bits per heavy atom. The van der Waals surface area contributed by atoms with E-state index in [1.807, 2.05) is 4.90 Å². The first-order valence-corrected chi connectivity index (χ1v) is 6.46. The van der Waals surface area contributed by atoms with Crippen LogP contribution in [0.2, 0.25) is 0 Å². The number of benzene rings is 1. The van der Waals surface area contributed by atoms with Gasteiger partial charge in [-0.1, -0.05) is 12.1 Å². The molecule has 0 aromatic heterocycles. The predicted octanol–water partition coefficient (Wildman–Crippen LogP) is 2.84. The van der Waals surface area contributed by atoms with E-state index in [4.69, 9.17) is 0 Å². The van der Waals surface area contributed by atoms with Gasteiger partial charge in [0.1, 0.15) is 5.75 Å². The van der Waals surface area contributed by atoms with E-state index in [1.165, 1.54) is 18.6 Å². The van der Waals surface area contributed by atoms with Crippen molar-refractivity contribution in [3.05, 3.63) is 29.8 Å². The summed E-state index contributed by atoms with van der Waals surface area (Å²) in [5.41, 5.74) is 0.817. The summed E-state index contributed by atoms with van der Waals surface area (Å²) in [5, 5.41) is 0. The number of rotatable bonds is 4. The SMILES string of the molecule is O=C(Cc1ccc(OC(F)F)cc1)N1CCCCC1. The number of carbonyl (C=O) groups excluding carboxylic acids is 1. The smallest absolute Gasteiger partial charge is 0.387 e. The molecule has 1 aromatic carbocycles. The van der Waals surface area contributed by atoms with E-state index in [9.17, 15) is 13.6 Å². The first-order chi connectivity index (χ1) is 9.15. The van der Waals surface area contributed by atoms with Crippen molar-refractivity contribution in [2.45, 2.75) is 32.3 Å². The molecule has 1 saturated heterocycles. The van der Waals surface area contributed by atoms with Crippen LogP contribution in [0.5, 0.6) is 5.75 Å². The molecule has 1 aliphatic rings. The third-order valence-corrected chi connectivity index (χ3v) is 3.21. The van der Waals surface area contributed by atoms with Gasteiger partial charge in [0.15, 0.2) is 0 Å². The number of hydrogen-bond acceptors (Lipinski definition) is 2. The molecule has 0 atom stereocenters. The van der Waals surface area contributed by atoms with Gasteiger partial charge in [-0.05, 0) is 37.0 Å². The fourth-order valence-electron chi connectivity index (χ4n) is 2.22. The number of likely N-dealkylation sites (tertiary alicyclic amines) is 1. The molecule has 104 valence electrons. The van der Waals surface area contributed by atoms with Gasteiger partial charge in [-0.3, -0.25) is 4.79 Å². The van der Waals surface area contributed by atoms with Crippen molar-refractivity contribution < 1.29 is 18.3 Å². The van der Waals surface area contributed by atoms with Crippen molar-refractivity contribution >= 4 is 5.91 Å². The Labute approximate surface area is 111 Å². The van der Waals surface area contributed by atoms with Gasteiger partial charge < -0.3 is 9.64 Å². The molecular formula is C14H17F2NO2. The number of piperidine rings is 1. The number of nitrogens with zero attached hydrogens (tertiary/aromatic N) is 1. The molecule has 1 aliphatic heterocycles. The molecule has 1 heterocycles. The monoisotopic (exact) mass is 269 g/mol. The Morgan fingerprint density at radius 2 is 1.79 bits per heavy atom. The van der Waals surface area contributed by atoms with E-state index in [0.29, 0.717) is 6.42 Å². The third-order valence-electron chi connectivity index (χ3n) is 3.21. The second-order valence-corrected chi connectivity index (χ2v) is 4.64. The number of carbonyl (C=O) groups is 1. The lowest BCUT2D eigenvalue weighted by molar-refractivity contribution is -0.131. The number of hydrogen-bond donors (Lipinski definition) is 0. The van der Waals surface area contributed by atoms with Crippen LogP contribution in [0.4, 0.5) is 8.78 Å². The summed E-state index contributed by atoms with van der Waals surface area (Å²) >= 11 is 0. The molecule has 5 heteroatoms. The van der Waals surface area contributed by atoms with E-state index in [0.717, 1.165) is 31.5 Å². The van der Waals surface area contributed by atoms with Crippen molar-refractivity contribution in [3.63, 3.8) is 0 Å². The van der Waals surface area contributed by atoms with Crippen LogP contribution in [0.1, 0.15) is 24.8 Å². The Kier molecular flexibility index (Phi) is 4.71. The first-order valence-electron chi connectivity index (χ1n) is 6.46. The normalized spacial score (nSPS) is 15.6. The van der Waals surface area contributed by atoms with Gasteiger partial charge in [-0.25, -0.2) is 0 Å². The van der Waals surface area contributed by atoms with Crippen molar-refractivity contribution in [1.82, 2.24) is 4.90 Å². The Bertz CT molecular complexity index is 414. The minimum absolute atomic E-state index is 0.0993. The Morgan fingerprint density at radius 3 is 2.37 bits per heavy atom. The summed E-state index contributed by atoms with van der Waals surface area (Å²) in [7, 11) is 0. The second kappa shape index (κ2) is 6.50. The molecule has 0 bridgehead atoms. The van der Waals surface area contributed by atoms with Gasteiger partial charge in [0.25, 0.3) is 0 Å². The highest BCUT2D eigenvalue weighted by Crippen LogP contribution is 2.16. The summed E-state index contributed by atoms with van der Waals surface area (Å²) in [6, 6.07) is 6.23. The largest absolute Gasteiger partial charge is 0.435 e. The lowest BCUT2D eigenvalue weighted by Gasteiger charge is -2.26. The zero-order valence-electron chi connectivity index (χ0n) is 10.6. The highest BCUT2D eigenvalue weighted by molar-refractivity contribution is 5.78. The van der Waals surface area contributed by atoms with Crippen LogP contribution in [0.3, 0.4) is 0 Å². The highest BCUT2D eigenvalue weighted by atomic mass is 19.3. The molecule has 3 nitrogen and oxygen atoms in total. The molecule has 1 amide bonds. The number of halogens is 2. The minimum atomic E-state index is -2.82. The Balaban J connectivity index is 1.89. The first kappa shape index (κ1) is 13.8. The van der Waals surface area contributed by atoms with Crippen molar-refractivity contribution in [3.8, 4) is 5.75 Å². The fourth-order valence-corrected chi connectivity index (χ4v) is 2.22. The summed E-state index contributed by atoms with van der Waals surface area (Å²) in [5.74, 6) is 0.214. The molecule has 0 saturated carbocycles. The summed E-state index contributed by atoms with van der Waals surface area (Å²) in [4.78, 5) is 13.9. The fraction of sp³-hybridized carbons (Fsp3) is 0.500. The molecule has 0 unspecified atom stereocenters. The molecule has 0 radical (unpaired) electrons. The van der Waals surface area contributed by atoms with Gasteiger partial charge in [0.05, 0.1) is 6.42 Å². The number of ether oxygens (including phenoxy) is 1. The molecular weight excluding hydrogens is 252 g/mol. The van der Waals surface area contributed by atoms with Crippen LogP contribution in [0.15, 0.2) is 24.3 Å². The van der Waals surface area contributed by atoms with E-state index in [2.05, 4.69) is 4.74 Å². The Hall–Kier alpha value is -1.65. The maximum atomic E-state index is 12.0.